The number of fused-ring (bicyclic) bond motifs is 1. The van der Waals surface area contributed by atoms with Crippen molar-refractivity contribution in [1.29, 1.82) is 0 Å². The van der Waals surface area contributed by atoms with E-state index in [0.29, 0.717) is 5.69 Å². The number of anilines is 1. The van der Waals surface area contributed by atoms with Gasteiger partial charge in [0.2, 0.25) is 5.95 Å². The van der Waals surface area contributed by atoms with Crippen LogP contribution >= 0.6 is 0 Å². The van der Waals surface area contributed by atoms with Crippen LogP contribution in [0.1, 0.15) is 17.4 Å². The van der Waals surface area contributed by atoms with E-state index in [9.17, 15) is 4.79 Å². The highest BCUT2D eigenvalue weighted by Crippen LogP contribution is 2.22. The van der Waals surface area contributed by atoms with E-state index < -0.39 is 0 Å². The van der Waals surface area contributed by atoms with Crippen molar-refractivity contribution in [1.82, 2.24) is 29.6 Å². The SMILES string of the molecule is CC(CN1CCN(c2ncccn2)CC1)NC(=O)c1nc(-c2ccccc2)n2ccccc12. The zero-order valence-electron chi connectivity index (χ0n) is 18.6. The summed E-state index contributed by atoms with van der Waals surface area (Å²) in [5.41, 5.74) is 2.23. The minimum Gasteiger partial charge on any atom is -0.347 e. The molecular formula is C25H27N7O. The summed E-state index contributed by atoms with van der Waals surface area (Å²) < 4.78 is 1.97. The van der Waals surface area contributed by atoms with Crippen LogP contribution in [0.5, 0.6) is 0 Å². The van der Waals surface area contributed by atoms with Crippen LogP contribution in [0.4, 0.5) is 5.95 Å². The number of aromatic nitrogens is 4. The Labute approximate surface area is 192 Å². The smallest absolute Gasteiger partial charge is 0.272 e. The maximum Gasteiger partial charge on any atom is 0.272 e. The number of piperazine rings is 1. The lowest BCUT2D eigenvalue weighted by atomic mass is 10.2. The summed E-state index contributed by atoms with van der Waals surface area (Å²) in [6, 6.07) is 17.6. The highest BCUT2D eigenvalue weighted by Gasteiger charge is 2.23. The molecule has 1 amide bonds. The van der Waals surface area contributed by atoms with Crippen LogP contribution in [0.3, 0.4) is 0 Å². The Kier molecular flexibility index (Phi) is 5.99. The average Bonchev–Trinajstić information content (AvgIpc) is 3.25. The van der Waals surface area contributed by atoms with Gasteiger partial charge in [0, 0.05) is 62.9 Å². The van der Waals surface area contributed by atoms with E-state index in [2.05, 4.69) is 25.1 Å². The summed E-state index contributed by atoms with van der Waals surface area (Å²) in [5, 5.41) is 3.15. The van der Waals surface area contributed by atoms with Gasteiger partial charge >= 0.3 is 0 Å². The summed E-state index contributed by atoms with van der Waals surface area (Å²) in [4.78, 5) is 31.1. The number of amides is 1. The molecule has 1 fully saturated rings. The number of carbonyl (C=O) groups excluding carboxylic acids is 1. The molecule has 0 bridgehead atoms. The van der Waals surface area contributed by atoms with Gasteiger partial charge in [0.15, 0.2) is 5.69 Å². The quantitative estimate of drug-likeness (QED) is 0.496. The predicted octanol–water partition coefficient (Wildman–Crippen LogP) is 2.73. The molecule has 4 aromatic rings. The maximum absolute atomic E-state index is 13.2. The maximum atomic E-state index is 13.2. The van der Waals surface area contributed by atoms with Crippen LogP contribution in [0, 0.1) is 0 Å². The number of hydrogen-bond acceptors (Lipinski definition) is 6. The summed E-state index contributed by atoms with van der Waals surface area (Å²) in [5.74, 6) is 1.40. The van der Waals surface area contributed by atoms with Gasteiger partial charge in [0.25, 0.3) is 5.91 Å². The van der Waals surface area contributed by atoms with Crippen molar-refractivity contribution >= 4 is 17.4 Å². The number of pyridine rings is 1. The van der Waals surface area contributed by atoms with Gasteiger partial charge in [-0.1, -0.05) is 36.4 Å². The summed E-state index contributed by atoms with van der Waals surface area (Å²) in [6.07, 6.45) is 5.49. The first-order valence-electron chi connectivity index (χ1n) is 11.3. The van der Waals surface area contributed by atoms with Gasteiger partial charge in [-0.3, -0.25) is 14.1 Å². The fraction of sp³-hybridized carbons (Fsp3) is 0.280. The lowest BCUT2D eigenvalue weighted by Gasteiger charge is -2.35. The first-order valence-corrected chi connectivity index (χ1v) is 11.3. The minimum absolute atomic E-state index is 0.00216. The standard InChI is InChI=1S/C25H27N7O/c1-19(18-30-14-16-31(17-15-30)25-26-11-7-12-27-25)28-24(33)22-21-10-5-6-13-32(21)23(29-22)20-8-3-2-4-9-20/h2-13,19H,14-18H2,1H3,(H,28,33). The first kappa shape index (κ1) is 21.1. The van der Waals surface area contributed by atoms with Gasteiger partial charge in [0.1, 0.15) is 5.82 Å². The van der Waals surface area contributed by atoms with Crippen molar-refractivity contribution in [2.45, 2.75) is 13.0 Å². The molecule has 1 N–H and O–H groups in total. The zero-order valence-corrected chi connectivity index (χ0v) is 18.6. The third-order valence-corrected chi connectivity index (χ3v) is 5.91. The molecule has 0 radical (unpaired) electrons. The molecule has 8 nitrogen and oxygen atoms in total. The Balaban J connectivity index is 1.24. The number of benzene rings is 1. The van der Waals surface area contributed by atoms with Gasteiger partial charge in [-0.15, -0.1) is 0 Å². The molecule has 1 saturated heterocycles. The Bertz CT molecular complexity index is 1220. The third-order valence-electron chi connectivity index (χ3n) is 5.91. The van der Waals surface area contributed by atoms with Crippen LogP contribution in [0.25, 0.3) is 16.9 Å². The highest BCUT2D eigenvalue weighted by atomic mass is 16.2. The molecule has 1 aliphatic rings. The number of carbonyl (C=O) groups is 1. The first-order chi connectivity index (χ1) is 16.2. The molecule has 3 aromatic heterocycles. The molecule has 168 valence electrons. The van der Waals surface area contributed by atoms with Gasteiger partial charge in [-0.05, 0) is 25.1 Å². The average molecular weight is 442 g/mol. The molecule has 1 aromatic carbocycles. The van der Waals surface area contributed by atoms with Crippen molar-refractivity contribution in [3.05, 3.63) is 78.9 Å². The number of hydrogen-bond donors (Lipinski definition) is 1. The molecule has 1 atom stereocenters. The van der Waals surface area contributed by atoms with E-state index in [1.54, 1.807) is 12.4 Å². The van der Waals surface area contributed by atoms with Crippen LogP contribution in [-0.4, -0.2) is 68.9 Å². The van der Waals surface area contributed by atoms with Gasteiger partial charge < -0.3 is 10.2 Å². The van der Waals surface area contributed by atoms with Gasteiger partial charge in [0.05, 0.1) is 5.52 Å². The van der Waals surface area contributed by atoms with Gasteiger partial charge in [-0.2, -0.15) is 0 Å². The Morgan fingerprint density at radius 2 is 1.70 bits per heavy atom. The Morgan fingerprint density at radius 1 is 0.970 bits per heavy atom. The second-order valence-electron chi connectivity index (χ2n) is 8.32. The highest BCUT2D eigenvalue weighted by molar-refractivity contribution is 6.00. The van der Waals surface area contributed by atoms with Crippen molar-refractivity contribution < 1.29 is 4.79 Å². The fourth-order valence-corrected chi connectivity index (χ4v) is 4.31. The van der Waals surface area contributed by atoms with E-state index in [0.717, 1.165) is 55.6 Å². The molecule has 1 unspecified atom stereocenters. The molecule has 1 aliphatic heterocycles. The second-order valence-corrected chi connectivity index (χ2v) is 8.32. The lowest BCUT2D eigenvalue weighted by Crippen LogP contribution is -2.51. The lowest BCUT2D eigenvalue weighted by molar-refractivity contribution is 0.0925. The second kappa shape index (κ2) is 9.38. The van der Waals surface area contributed by atoms with Crippen LogP contribution in [0.2, 0.25) is 0 Å². The molecule has 33 heavy (non-hydrogen) atoms. The minimum atomic E-state index is -0.148. The predicted molar refractivity (Wildman–Crippen MR) is 128 cm³/mol. The van der Waals surface area contributed by atoms with Crippen LogP contribution < -0.4 is 10.2 Å². The Morgan fingerprint density at radius 3 is 2.45 bits per heavy atom. The molecule has 0 aliphatic carbocycles. The molecular weight excluding hydrogens is 414 g/mol. The monoisotopic (exact) mass is 441 g/mol. The largest absolute Gasteiger partial charge is 0.347 e. The van der Waals surface area contributed by atoms with Crippen molar-refractivity contribution in [3.8, 4) is 11.4 Å². The topological polar surface area (TPSA) is 78.7 Å². The van der Waals surface area contributed by atoms with E-state index in [1.165, 1.54) is 0 Å². The number of imidazole rings is 1. The van der Waals surface area contributed by atoms with Crippen molar-refractivity contribution in [2.75, 3.05) is 37.6 Å². The van der Waals surface area contributed by atoms with Gasteiger partial charge in [-0.25, -0.2) is 15.0 Å². The van der Waals surface area contributed by atoms with Crippen LogP contribution in [0.15, 0.2) is 73.2 Å². The molecule has 4 heterocycles. The molecule has 0 spiro atoms. The summed E-state index contributed by atoms with van der Waals surface area (Å²) in [6.45, 7) is 6.38. The third kappa shape index (κ3) is 4.56. The Hall–Kier alpha value is -3.78. The van der Waals surface area contributed by atoms with E-state index in [1.807, 2.05) is 72.1 Å². The van der Waals surface area contributed by atoms with Crippen molar-refractivity contribution in [2.24, 2.45) is 0 Å². The molecule has 8 heteroatoms. The van der Waals surface area contributed by atoms with E-state index in [-0.39, 0.29) is 11.9 Å². The molecule has 5 rings (SSSR count). The zero-order chi connectivity index (χ0) is 22.6. The number of nitrogens with zero attached hydrogens (tertiary/aromatic N) is 6. The van der Waals surface area contributed by atoms with E-state index in [4.69, 9.17) is 4.98 Å². The number of nitrogens with one attached hydrogen (secondary N) is 1. The fourth-order valence-electron chi connectivity index (χ4n) is 4.31. The summed E-state index contributed by atoms with van der Waals surface area (Å²) >= 11 is 0. The van der Waals surface area contributed by atoms with Crippen LogP contribution in [-0.2, 0) is 0 Å². The summed E-state index contributed by atoms with van der Waals surface area (Å²) in [7, 11) is 0. The molecule has 0 saturated carbocycles. The normalized spacial score (nSPS) is 15.5. The van der Waals surface area contributed by atoms with Crippen molar-refractivity contribution in [3.63, 3.8) is 0 Å². The van der Waals surface area contributed by atoms with E-state index >= 15 is 0 Å². The number of rotatable bonds is 6.